The van der Waals surface area contributed by atoms with Crippen molar-refractivity contribution in [3.05, 3.63) is 29.8 Å². The minimum Gasteiger partial charge on any atom is -0.398 e. The van der Waals surface area contributed by atoms with E-state index >= 15 is 0 Å². The summed E-state index contributed by atoms with van der Waals surface area (Å²) in [5.41, 5.74) is 13.1. The van der Waals surface area contributed by atoms with Gasteiger partial charge in [0.15, 0.2) is 0 Å². The molecule has 1 rings (SSSR count). The Kier molecular flexibility index (Phi) is 3.93. The maximum Gasteiger partial charge on any atom is 0.0362 e. The number of nitrogen functional groups attached to an aromatic ring is 1. The summed E-state index contributed by atoms with van der Waals surface area (Å²) < 4.78 is 0. The molecule has 0 aromatic heterocycles. The fourth-order valence-electron chi connectivity index (χ4n) is 0.926. The second-order valence-electron chi connectivity index (χ2n) is 2.42. The molecule has 0 aliphatic rings. The van der Waals surface area contributed by atoms with Crippen LogP contribution in [-0.2, 0) is 0 Å². The number of para-hydroxylation sites is 1. The van der Waals surface area contributed by atoms with Crippen LogP contribution in [0.2, 0.25) is 0 Å². The highest BCUT2D eigenvalue weighted by Crippen LogP contribution is 2.16. The number of halogens is 1. The lowest BCUT2D eigenvalue weighted by Gasteiger charge is -2.07. The Balaban J connectivity index is 0.000001000. The number of rotatable bonds is 1. The van der Waals surface area contributed by atoms with E-state index in [1.807, 2.05) is 31.2 Å². The highest BCUT2D eigenvalue weighted by Gasteiger charge is 2.00. The molecule has 4 N–H and O–H groups in total. The van der Waals surface area contributed by atoms with Gasteiger partial charge in [0, 0.05) is 11.7 Å². The molecule has 0 aliphatic heterocycles. The van der Waals surface area contributed by atoms with Crippen LogP contribution in [0.4, 0.5) is 5.69 Å². The number of benzene rings is 1. The molecule has 0 amide bonds. The van der Waals surface area contributed by atoms with Crippen molar-refractivity contribution in [2.75, 3.05) is 5.73 Å². The molecule has 1 aromatic rings. The van der Waals surface area contributed by atoms with Crippen molar-refractivity contribution in [3.63, 3.8) is 0 Å². The van der Waals surface area contributed by atoms with E-state index in [9.17, 15) is 0 Å². The summed E-state index contributed by atoms with van der Waals surface area (Å²) in [5, 5.41) is 0. The second-order valence-corrected chi connectivity index (χ2v) is 2.42. The van der Waals surface area contributed by atoms with Crippen molar-refractivity contribution in [1.82, 2.24) is 0 Å². The highest BCUT2D eigenvalue weighted by molar-refractivity contribution is 5.85. The van der Waals surface area contributed by atoms with Gasteiger partial charge in [-0.05, 0) is 18.6 Å². The minimum atomic E-state index is 0. The maximum absolute atomic E-state index is 5.64. The number of anilines is 1. The van der Waals surface area contributed by atoms with Crippen LogP contribution >= 0.6 is 12.4 Å². The van der Waals surface area contributed by atoms with Gasteiger partial charge in [0.1, 0.15) is 0 Å². The molecule has 62 valence electrons. The fourth-order valence-corrected chi connectivity index (χ4v) is 0.926. The van der Waals surface area contributed by atoms with Crippen molar-refractivity contribution < 1.29 is 0 Å². The van der Waals surface area contributed by atoms with Crippen LogP contribution in [0.5, 0.6) is 0 Å². The Morgan fingerprint density at radius 1 is 1.27 bits per heavy atom. The standard InChI is InChI=1S/C8H12N2.ClH/c1-6(9)7-4-2-3-5-8(7)10;/h2-6H,9-10H2,1H3;1H/t6-;/m0./s1. The molecule has 0 heterocycles. The molecular weight excluding hydrogens is 160 g/mol. The van der Waals surface area contributed by atoms with Crippen molar-refractivity contribution in [2.24, 2.45) is 5.73 Å². The van der Waals surface area contributed by atoms with Crippen LogP contribution in [0, 0.1) is 0 Å². The van der Waals surface area contributed by atoms with Gasteiger partial charge in [-0.25, -0.2) is 0 Å². The molecule has 2 nitrogen and oxygen atoms in total. The first-order chi connectivity index (χ1) is 4.72. The third-order valence-electron chi connectivity index (χ3n) is 1.49. The third kappa shape index (κ3) is 2.41. The average Bonchev–Trinajstić information content (AvgIpc) is 1.88. The van der Waals surface area contributed by atoms with Crippen LogP contribution in [0.1, 0.15) is 18.5 Å². The first kappa shape index (κ1) is 10.3. The number of hydrogen-bond donors (Lipinski definition) is 2. The molecule has 0 bridgehead atoms. The van der Waals surface area contributed by atoms with Gasteiger partial charge in [-0.1, -0.05) is 18.2 Å². The zero-order valence-corrected chi connectivity index (χ0v) is 7.27. The first-order valence-corrected chi connectivity index (χ1v) is 3.32. The monoisotopic (exact) mass is 172 g/mol. The van der Waals surface area contributed by atoms with Crippen LogP contribution in [0.3, 0.4) is 0 Å². The van der Waals surface area contributed by atoms with Crippen molar-refractivity contribution >= 4 is 18.1 Å². The predicted molar refractivity (Wildman–Crippen MR) is 50.7 cm³/mol. The van der Waals surface area contributed by atoms with Crippen LogP contribution in [0.25, 0.3) is 0 Å². The van der Waals surface area contributed by atoms with E-state index in [1.54, 1.807) is 0 Å². The molecule has 1 atom stereocenters. The molecule has 0 spiro atoms. The highest BCUT2D eigenvalue weighted by atomic mass is 35.5. The van der Waals surface area contributed by atoms with E-state index in [0.29, 0.717) is 0 Å². The van der Waals surface area contributed by atoms with Crippen LogP contribution in [-0.4, -0.2) is 0 Å². The van der Waals surface area contributed by atoms with E-state index in [0.717, 1.165) is 11.3 Å². The lowest BCUT2D eigenvalue weighted by molar-refractivity contribution is 0.821. The van der Waals surface area contributed by atoms with Crippen molar-refractivity contribution in [2.45, 2.75) is 13.0 Å². The van der Waals surface area contributed by atoms with Gasteiger partial charge in [0.25, 0.3) is 0 Å². The lowest BCUT2D eigenvalue weighted by atomic mass is 10.1. The van der Waals surface area contributed by atoms with E-state index in [1.165, 1.54) is 0 Å². The van der Waals surface area contributed by atoms with Gasteiger partial charge in [0.2, 0.25) is 0 Å². The fraction of sp³-hybridized carbons (Fsp3) is 0.250. The average molecular weight is 173 g/mol. The maximum atomic E-state index is 5.64. The smallest absolute Gasteiger partial charge is 0.0362 e. The zero-order valence-electron chi connectivity index (χ0n) is 6.45. The molecule has 0 saturated carbocycles. The molecule has 1 aromatic carbocycles. The Bertz CT molecular complexity index is 223. The van der Waals surface area contributed by atoms with Gasteiger partial charge < -0.3 is 11.5 Å². The van der Waals surface area contributed by atoms with Gasteiger partial charge in [-0.3, -0.25) is 0 Å². The van der Waals surface area contributed by atoms with Gasteiger partial charge >= 0.3 is 0 Å². The zero-order chi connectivity index (χ0) is 7.56. The SMILES string of the molecule is C[C@H](N)c1ccccc1N.Cl. The quantitative estimate of drug-likeness (QED) is 0.634. The van der Waals surface area contributed by atoms with Crippen LogP contribution in [0.15, 0.2) is 24.3 Å². The predicted octanol–water partition coefficient (Wildman–Crippen LogP) is 1.71. The Labute approximate surface area is 73.0 Å². The second kappa shape index (κ2) is 4.21. The molecule has 0 aliphatic carbocycles. The summed E-state index contributed by atoms with van der Waals surface area (Å²) in [6.45, 7) is 1.92. The summed E-state index contributed by atoms with van der Waals surface area (Å²) in [5.74, 6) is 0. The minimum absolute atomic E-state index is 0. The third-order valence-corrected chi connectivity index (χ3v) is 1.49. The summed E-state index contributed by atoms with van der Waals surface area (Å²) in [6, 6.07) is 7.68. The normalized spacial score (nSPS) is 11.8. The van der Waals surface area contributed by atoms with Crippen LogP contribution < -0.4 is 11.5 Å². The molecule has 0 unspecified atom stereocenters. The van der Waals surface area contributed by atoms with Crippen molar-refractivity contribution in [3.8, 4) is 0 Å². The summed E-state index contributed by atoms with van der Waals surface area (Å²) in [6.07, 6.45) is 0. The molecule has 3 heteroatoms. The summed E-state index contributed by atoms with van der Waals surface area (Å²) in [4.78, 5) is 0. The summed E-state index contributed by atoms with van der Waals surface area (Å²) in [7, 11) is 0. The lowest BCUT2D eigenvalue weighted by Crippen LogP contribution is -2.07. The number of nitrogens with two attached hydrogens (primary N) is 2. The molecule has 0 saturated heterocycles. The summed E-state index contributed by atoms with van der Waals surface area (Å²) >= 11 is 0. The van der Waals surface area contributed by atoms with E-state index in [4.69, 9.17) is 11.5 Å². The molecular formula is C8H13ClN2. The molecule has 0 radical (unpaired) electrons. The number of hydrogen-bond acceptors (Lipinski definition) is 2. The first-order valence-electron chi connectivity index (χ1n) is 3.32. The van der Waals surface area contributed by atoms with Gasteiger partial charge in [0.05, 0.1) is 0 Å². The van der Waals surface area contributed by atoms with Crippen molar-refractivity contribution in [1.29, 1.82) is 0 Å². The van der Waals surface area contributed by atoms with Gasteiger partial charge in [-0.15, -0.1) is 12.4 Å². The van der Waals surface area contributed by atoms with Gasteiger partial charge in [-0.2, -0.15) is 0 Å². The Morgan fingerprint density at radius 3 is 2.18 bits per heavy atom. The van der Waals surface area contributed by atoms with E-state index in [-0.39, 0.29) is 18.4 Å². The largest absolute Gasteiger partial charge is 0.398 e. The van der Waals surface area contributed by atoms with E-state index in [2.05, 4.69) is 0 Å². The molecule has 0 fully saturated rings. The molecule has 11 heavy (non-hydrogen) atoms. The topological polar surface area (TPSA) is 52.0 Å². The Morgan fingerprint density at radius 2 is 1.82 bits per heavy atom. The van der Waals surface area contributed by atoms with E-state index < -0.39 is 0 Å². The Hall–Kier alpha value is -0.730.